The minimum atomic E-state index is -3.95. The second kappa shape index (κ2) is 5.97. The zero-order chi connectivity index (χ0) is 15.5. The Labute approximate surface area is 123 Å². The summed E-state index contributed by atoms with van der Waals surface area (Å²) in [6.45, 7) is 1.60. The molecule has 110 valence electrons. The first kappa shape index (κ1) is 15.1. The number of amides is 1. The van der Waals surface area contributed by atoms with Crippen LogP contribution in [0.25, 0.3) is 0 Å². The Bertz CT molecular complexity index is 741. The zero-order valence-corrected chi connectivity index (χ0v) is 12.2. The Kier molecular flexibility index (Phi) is 4.28. The van der Waals surface area contributed by atoms with Crippen LogP contribution in [0.1, 0.15) is 18.4 Å². The summed E-state index contributed by atoms with van der Waals surface area (Å²) in [5.41, 5.74) is 5.70. The third-order valence-electron chi connectivity index (χ3n) is 3.04. The molecule has 0 radical (unpaired) electrons. The minimum Gasteiger partial charge on any atom is -0.379 e. The van der Waals surface area contributed by atoms with E-state index in [0.29, 0.717) is 5.56 Å². The van der Waals surface area contributed by atoms with Gasteiger partial charge in [-0.2, -0.15) is 8.42 Å². The normalized spacial score (nSPS) is 12.6. The maximum Gasteiger partial charge on any atom is 0.339 e. The number of carbonyl (C=O) groups is 1. The minimum absolute atomic E-state index is 0.0477. The van der Waals surface area contributed by atoms with Gasteiger partial charge in [-0.1, -0.05) is 36.4 Å². The van der Waals surface area contributed by atoms with Gasteiger partial charge in [-0.05, 0) is 25.1 Å². The lowest BCUT2D eigenvalue weighted by Crippen LogP contribution is -2.20. The van der Waals surface area contributed by atoms with Gasteiger partial charge in [-0.15, -0.1) is 0 Å². The molecule has 0 saturated carbocycles. The van der Waals surface area contributed by atoms with Crippen molar-refractivity contribution in [3.63, 3.8) is 0 Å². The summed E-state index contributed by atoms with van der Waals surface area (Å²) in [6, 6.07) is 14.2. The van der Waals surface area contributed by atoms with Crippen molar-refractivity contribution in [1.82, 2.24) is 0 Å². The monoisotopic (exact) mass is 305 g/mol. The highest BCUT2D eigenvalue weighted by Crippen LogP contribution is 2.28. The molecule has 2 aromatic rings. The molecule has 0 aliphatic heterocycles. The van der Waals surface area contributed by atoms with Gasteiger partial charge in [-0.3, -0.25) is 4.79 Å². The Hall–Kier alpha value is -2.34. The van der Waals surface area contributed by atoms with Crippen molar-refractivity contribution < 1.29 is 17.4 Å². The molecule has 2 aromatic carbocycles. The number of carbonyl (C=O) groups excluding carboxylic acids is 1. The van der Waals surface area contributed by atoms with Gasteiger partial charge in [-0.25, -0.2) is 0 Å². The molecule has 0 bridgehead atoms. The standard InChI is InChI=1S/C15H15NO4S/c1-11(15(16)17)13-9-5-6-10-14(13)20-21(18,19)12-7-3-2-4-8-12/h2-11H,1H3,(H2,16,17). The van der Waals surface area contributed by atoms with Crippen molar-refractivity contribution in [3.05, 3.63) is 60.2 Å². The van der Waals surface area contributed by atoms with E-state index in [1.165, 1.54) is 18.2 Å². The third kappa shape index (κ3) is 3.41. The molecule has 0 aromatic heterocycles. The van der Waals surface area contributed by atoms with E-state index >= 15 is 0 Å². The molecule has 1 unspecified atom stereocenters. The lowest BCUT2D eigenvalue weighted by Gasteiger charge is -2.14. The van der Waals surface area contributed by atoms with Crippen molar-refractivity contribution in [2.75, 3.05) is 0 Å². The van der Waals surface area contributed by atoms with Gasteiger partial charge in [0, 0.05) is 5.56 Å². The molecule has 21 heavy (non-hydrogen) atoms. The first-order chi connectivity index (χ1) is 9.92. The van der Waals surface area contributed by atoms with Crippen LogP contribution in [0.15, 0.2) is 59.5 Å². The van der Waals surface area contributed by atoms with Crippen LogP contribution in [0.5, 0.6) is 5.75 Å². The summed E-state index contributed by atoms with van der Waals surface area (Å²) in [5.74, 6) is -1.09. The second-order valence-corrected chi connectivity index (χ2v) is 6.06. The quantitative estimate of drug-likeness (QED) is 0.856. The van der Waals surface area contributed by atoms with E-state index in [2.05, 4.69) is 0 Å². The number of primary amides is 1. The molecule has 0 heterocycles. The fourth-order valence-electron chi connectivity index (χ4n) is 1.82. The van der Waals surface area contributed by atoms with Gasteiger partial charge in [0.1, 0.15) is 10.6 Å². The van der Waals surface area contributed by atoms with Gasteiger partial charge in [0.25, 0.3) is 0 Å². The van der Waals surface area contributed by atoms with Crippen molar-refractivity contribution in [2.24, 2.45) is 5.73 Å². The van der Waals surface area contributed by atoms with E-state index in [1.807, 2.05) is 0 Å². The van der Waals surface area contributed by atoms with Crippen LogP contribution in [-0.2, 0) is 14.9 Å². The van der Waals surface area contributed by atoms with Gasteiger partial charge in [0.05, 0.1) is 5.92 Å². The van der Waals surface area contributed by atoms with Crippen molar-refractivity contribution >= 4 is 16.0 Å². The van der Waals surface area contributed by atoms with Crippen LogP contribution in [0.3, 0.4) is 0 Å². The summed E-state index contributed by atoms with van der Waals surface area (Å²) < 4.78 is 29.6. The Balaban J connectivity index is 2.39. The van der Waals surface area contributed by atoms with E-state index in [-0.39, 0.29) is 10.6 Å². The fourth-order valence-corrected chi connectivity index (χ4v) is 2.80. The number of hydrogen-bond acceptors (Lipinski definition) is 4. The van der Waals surface area contributed by atoms with Gasteiger partial charge >= 0.3 is 10.1 Å². The lowest BCUT2D eigenvalue weighted by atomic mass is 10.00. The third-order valence-corrected chi connectivity index (χ3v) is 4.29. The first-order valence-electron chi connectivity index (χ1n) is 6.29. The molecule has 0 spiro atoms. The highest BCUT2D eigenvalue weighted by molar-refractivity contribution is 7.87. The summed E-state index contributed by atoms with van der Waals surface area (Å²) in [6.07, 6.45) is 0. The SMILES string of the molecule is CC(C(N)=O)c1ccccc1OS(=O)(=O)c1ccccc1. The molecule has 2 N–H and O–H groups in total. The van der Waals surface area contributed by atoms with E-state index in [4.69, 9.17) is 9.92 Å². The average Bonchev–Trinajstić information content (AvgIpc) is 2.47. The summed E-state index contributed by atoms with van der Waals surface area (Å²) >= 11 is 0. The van der Waals surface area contributed by atoms with E-state index in [0.717, 1.165) is 0 Å². The van der Waals surface area contributed by atoms with Gasteiger partial charge in [0.2, 0.25) is 5.91 Å². The molecule has 1 amide bonds. The van der Waals surface area contributed by atoms with E-state index in [9.17, 15) is 13.2 Å². The van der Waals surface area contributed by atoms with Crippen molar-refractivity contribution in [3.8, 4) is 5.75 Å². The number of benzene rings is 2. The topological polar surface area (TPSA) is 86.5 Å². The lowest BCUT2D eigenvalue weighted by molar-refractivity contribution is -0.119. The average molecular weight is 305 g/mol. The van der Waals surface area contributed by atoms with Gasteiger partial charge < -0.3 is 9.92 Å². The highest BCUT2D eigenvalue weighted by Gasteiger charge is 2.21. The number of hydrogen-bond donors (Lipinski definition) is 1. The summed E-state index contributed by atoms with van der Waals surface area (Å²) in [5, 5.41) is 0. The maximum atomic E-state index is 12.2. The molecule has 0 saturated heterocycles. The van der Waals surface area contributed by atoms with E-state index in [1.54, 1.807) is 43.3 Å². The summed E-state index contributed by atoms with van der Waals surface area (Å²) in [7, 11) is -3.95. The molecule has 2 rings (SSSR count). The Morgan fingerprint density at radius 3 is 2.24 bits per heavy atom. The predicted octanol–water partition coefficient (Wildman–Crippen LogP) is 2.04. The second-order valence-electron chi connectivity index (χ2n) is 4.51. The molecule has 0 aliphatic rings. The Morgan fingerprint density at radius 2 is 1.62 bits per heavy atom. The van der Waals surface area contributed by atoms with Crippen LogP contribution >= 0.6 is 0 Å². The van der Waals surface area contributed by atoms with Crippen LogP contribution in [0.4, 0.5) is 0 Å². The van der Waals surface area contributed by atoms with Gasteiger partial charge in [0.15, 0.2) is 0 Å². The van der Waals surface area contributed by atoms with Crippen molar-refractivity contribution in [2.45, 2.75) is 17.7 Å². The fraction of sp³-hybridized carbons (Fsp3) is 0.133. The maximum absolute atomic E-state index is 12.2. The van der Waals surface area contributed by atoms with Crippen LogP contribution in [0, 0.1) is 0 Å². The molecule has 5 nitrogen and oxygen atoms in total. The number of para-hydroxylation sites is 1. The molecule has 0 fully saturated rings. The predicted molar refractivity (Wildman–Crippen MR) is 78.3 cm³/mol. The van der Waals surface area contributed by atoms with Crippen molar-refractivity contribution in [1.29, 1.82) is 0 Å². The molecule has 0 aliphatic carbocycles. The number of nitrogens with two attached hydrogens (primary N) is 1. The molecule has 1 atom stereocenters. The zero-order valence-electron chi connectivity index (χ0n) is 11.4. The number of rotatable bonds is 5. The molecular formula is C15H15NO4S. The first-order valence-corrected chi connectivity index (χ1v) is 7.70. The molecule has 6 heteroatoms. The summed E-state index contributed by atoms with van der Waals surface area (Å²) in [4.78, 5) is 11.4. The Morgan fingerprint density at radius 1 is 1.05 bits per heavy atom. The van der Waals surface area contributed by atoms with Crippen LogP contribution in [-0.4, -0.2) is 14.3 Å². The smallest absolute Gasteiger partial charge is 0.339 e. The van der Waals surface area contributed by atoms with Crippen LogP contribution < -0.4 is 9.92 Å². The largest absolute Gasteiger partial charge is 0.379 e. The van der Waals surface area contributed by atoms with E-state index < -0.39 is 21.9 Å². The molecular weight excluding hydrogens is 290 g/mol. The van der Waals surface area contributed by atoms with Crippen LogP contribution in [0.2, 0.25) is 0 Å². The highest BCUT2D eigenvalue weighted by atomic mass is 32.2.